The lowest BCUT2D eigenvalue weighted by Gasteiger charge is -2.16. The Hall–Kier alpha value is -1.59. The van der Waals surface area contributed by atoms with E-state index in [-0.39, 0.29) is 18.0 Å². The highest BCUT2D eigenvalue weighted by atomic mass is 79.9. The van der Waals surface area contributed by atoms with Crippen molar-refractivity contribution in [3.05, 3.63) is 58.5 Å². The van der Waals surface area contributed by atoms with E-state index in [2.05, 4.69) is 15.9 Å². The smallest absolute Gasteiger partial charge is 0.335 e. The molecule has 0 N–H and O–H groups in total. The van der Waals surface area contributed by atoms with Crippen LogP contribution in [-0.2, 0) is 14.3 Å². The second-order valence-electron chi connectivity index (χ2n) is 5.21. The molecule has 0 amide bonds. The second-order valence-corrected chi connectivity index (χ2v) is 6.12. The number of esters is 1. The molecule has 0 spiro atoms. The minimum absolute atomic E-state index is 0.0636. The van der Waals surface area contributed by atoms with Gasteiger partial charge in [0, 0.05) is 10.4 Å². The lowest BCUT2D eigenvalue weighted by molar-refractivity contribution is -0.156. The van der Waals surface area contributed by atoms with Gasteiger partial charge in [-0.2, -0.15) is 0 Å². The van der Waals surface area contributed by atoms with E-state index in [0.717, 1.165) is 15.8 Å². The highest BCUT2D eigenvalue weighted by Crippen LogP contribution is 2.45. The van der Waals surface area contributed by atoms with E-state index in [4.69, 9.17) is 13.9 Å². The molecule has 0 bridgehead atoms. The molecular weight excluding hydrogens is 348 g/mol. The Morgan fingerprint density at radius 1 is 1.32 bits per heavy atom. The number of halogens is 1. The number of benzene rings is 1. The Bertz CT molecular complexity index is 621. The molecule has 0 aliphatic carbocycles. The second kappa shape index (κ2) is 6.67. The summed E-state index contributed by atoms with van der Waals surface area (Å²) in [5.41, 5.74) is 1.12. The van der Waals surface area contributed by atoms with Gasteiger partial charge in [0.15, 0.2) is 6.10 Å². The highest BCUT2D eigenvalue weighted by molar-refractivity contribution is 9.10. The van der Waals surface area contributed by atoms with Crippen molar-refractivity contribution in [2.45, 2.75) is 31.5 Å². The van der Waals surface area contributed by atoms with Gasteiger partial charge in [0.2, 0.25) is 0 Å². The molecular formula is C17H17BrO4. The van der Waals surface area contributed by atoms with Crippen LogP contribution in [-0.4, -0.2) is 18.7 Å². The van der Waals surface area contributed by atoms with Crippen molar-refractivity contribution in [3.8, 4) is 0 Å². The van der Waals surface area contributed by atoms with E-state index in [1.54, 1.807) is 13.2 Å². The van der Waals surface area contributed by atoms with Crippen LogP contribution in [0.4, 0.5) is 0 Å². The molecule has 0 saturated carbocycles. The predicted octanol–water partition coefficient (Wildman–Crippen LogP) is 4.22. The summed E-state index contributed by atoms with van der Waals surface area (Å²) in [4.78, 5) is 12.0. The first-order valence-electron chi connectivity index (χ1n) is 7.30. The number of rotatable bonds is 4. The first-order valence-corrected chi connectivity index (χ1v) is 8.09. The van der Waals surface area contributed by atoms with Crippen molar-refractivity contribution >= 4 is 21.9 Å². The summed E-state index contributed by atoms with van der Waals surface area (Å²) >= 11 is 3.44. The molecule has 0 radical (unpaired) electrons. The first-order chi connectivity index (χ1) is 10.7. The number of carbonyl (C=O) groups excluding carboxylic acids is 1. The van der Waals surface area contributed by atoms with Gasteiger partial charge in [-0.05, 0) is 43.2 Å². The van der Waals surface area contributed by atoms with Crippen LogP contribution < -0.4 is 0 Å². The number of hydrogen-bond acceptors (Lipinski definition) is 4. The van der Waals surface area contributed by atoms with Gasteiger partial charge < -0.3 is 13.9 Å². The van der Waals surface area contributed by atoms with Gasteiger partial charge in [-0.1, -0.05) is 28.1 Å². The van der Waals surface area contributed by atoms with E-state index in [1.165, 1.54) is 0 Å². The van der Waals surface area contributed by atoms with Crippen LogP contribution in [0.15, 0.2) is 51.6 Å². The summed E-state index contributed by atoms with van der Waals surface area (Å²) in [6.07, 6.45) is 1.38. The number of hydrogen-bond donors (Lipinski definition) is 0. The van der Waals surface area contributed by atoms with Crippen LogP contribution in [0.1, 0.15) is 36.7 Å². The van der Waals surface area contributed by atoms with Crippen LogP contribution in [0.5, 0.6) is 0 Å². The minimum atomic E-state index is -0.552. The molecule has 5 heteroatoms. The van der Waals surface area contributed by atoms with Gasteiger partial charge in [0.05, 0.1) is 12.9 Å². The van der Waals surface area contributed by atoms with Crippen LogP contribution in [0.25, 0.3) is 0 Å². The van der Waals surface area contributed by atoms with Crippen LogP contribution in [0.2, 0.25) is 0 Å². The monoisotopic (exact) mass is 364 g/mol. The lowest BCUT2D eigenvalue weighted by atomic mass is 9.90. The van der Waals surface area contributed by atoms with Gasteiger partial charge in [0.25, 0.3) is 0 Å². The number of furan rings is 1. The molecule has 2 heterocycles. The summed E-state index contributed by atoms with van der Waals surface area (Å²) < 4.78 is 17.5. The molecule has 1 saturated heterocycles. The average Bonchev–Trinajstić information content (AvgIpc) is 3.17. The molecule has 3 atom stereocenters. The van der Waals surface area contributed by atoms with Crippen molar-refractivity contribution in [3.63, 3.8) is 0 Å². The Kier molecular flexibility index (Phi) is 4.64. The Morgan fingerprint density at radius 3 is 2.73 bits per heavy atom. The van der Waals surface area contributed by atoms with E-state index >= 15 is 0 Å². The van der Waals surface area contributed by atoms with Crippen molar-refractivity contribution in [1.82, 2.24) is 0 Å². The highest BCUT2D eigenvalue weighted by Gasteiger charge is 2.42. The molecule has 1 aromatic carbocycles. The van der Waals surface area contributed by atoms with Crippen LogP contribution in [0, 0.1) is 0 Å². The van der Waals surface area contributed by atoms with Gasteiger partial charge in [-0.3, -0.25) is 0 Å². The predicted molar refractivity (Wildman–Crippen MR) is 84.5 cm³/mol. The molecule has 3 rings (SSSR count). The Labute approximate surface area is 137 Å². The maximum absolute atomic E-state index is 12.0. The third kappa shape index (κ3) is 3.10. The van der Waals surface area contributed by atoms with E-state index < -0.39 is 6.10 Å². The molecule has 1 aromatic heterocycles. The Morgan fingerprint density at radius 2 is 2.09 bits per heavy atom. The summed E-state index contributed by atoms with van der Waals surface area (Å²) in [6.45, 7) is 2.15. The molecule has 22 heavy (non-hydrogen) atoms. The minimum Gasteiger partial charge on any atom is -0.467 e. The van der Waals surface area contributed by atoms with Gasteiger partial charge >= 0.3 is 5.97 Å². The van der Waals surface area contributed by atoms with Crippen molar-refractivity contribution in [1.29, 1.82) is 0 Å². The maximum atomic E-state index is 12.0. The topological polar surface area (TPSA) is 48.7 Å². The lowest BCUT2D eigenvalue weighted by Crippen LogP contribution is -2.22. The number of ether oxygens (including phenoxy) is 2. The van der Waals surface area contributed by atoms with Crippen molar-refractivity contribution in [2.75, 3.05) is 6.61 Å². The zero-order valence-electron chi connectivity index (χ0n) is 12.2. The van der Waals surface area contributed by atoms with E-state index in [0.29, 0.717) is 13.0 Å². The van der Waals surface area contributed by atoms with Crippen LogP contribution in [0.3, 0.4) is 0 Å². The SMILES string of the molecule is CCOC(=O)[C@@H]1C[C@H](c2ccc(Br)cc2)[C@@H](c2ccco2)O1. The normalized spacial score (nSPS) is 24.4. The Balaban J connectivity index is 1.87. The summed E-state index contributed by atoms with van der Waals surface area (Å²) in [7, 11) is 0. The zero-order valence-corrected chi connectivity index (χ0v) is 13.8. The molecule has 4 nitrogen and oxygen atoms in total. The molecule has 0 unspecified atom stereocenters. The molecule has 1 aliphatic rings. The number of carbonyl (C=O) groups is 1. The summed E-state index contributed by atoms with van der Waals surface area (Å²) in [6, 6.07) is 11.8. The van der Waals surface area contributed by atoms with Crippen LogP contribution >= 0.6 is 15.9 Å². The molecule has 116 valence electrons. The summed E-state index contributed by atoms with van der Waals surface area (Å²) in [5.74, 6) is 0.493. The van der Waals surface area contributed by atoms with Gasteiger partial charge in [-0.25, -0.2) is 4.79 Å². The maximum Gasteiger partial charge on any atom is 0.335 e. The first kappa shape index (κ1) is 15.3. The van der Waals surface area contributed by atoms with Crippen molar-refractivity contribution < 1.29 is 18.7 Å². The standard InChI is InChI=1S/C17H17BrO4/c1-2-20-17(19)15-10-13(11-5-7-12(18)8-6-11)16(22-15)14-4-3-9-21-14/h3-9,13,15-16H,2,10H2,1H3/t13-,15+,16+/m1/s1. The zero-order chi connectivity index (χ0) is 15.5. The molecule has 1 fully saturated rings. The third-order valence-electron chi connectivity index (χ3n) is 3.82. The summed E-state index contributed by atoms with van der Waals surface area (Å²) in [5, 5.41) is 0. The fourth-order valence-electron chi connectivity index (χ4n) is 2.81. The van der Waals surface area contributed by atoms with Gasteiger partial charge in [-0.15, -0.1) is 0 Å². The van der Waals surface area contributed by atoms with Gasteiger partial charge in [0.1, 0.15) is 11.9 Å². The fraction of sp³-hybridized carbons (Fsp3) is 0.353. The molecule has 2 aromatic rings. The third-order valence-corrected chi connectivity index (χ3v) is 4.34. The average molecular weight is 365 g/mol. The molecule has 1 aliphatic heterocycles. The fourth-order valence-corrected chi connectivity index (χ4v) is 3.07. The largest absolute Gasteiger partial charge is 0.467 e. The van der Waals surface area contributed by atoms with E-state index in [1.807, 2.05) is 36.4 Å². The van der Waals surface area contributed by atoms with E-state index in [9.17, 15) is 4.79 Å². The quantitative estimate of drug-likeness (QED) is 0.762. The van der Waals surface area contributed by atoms with Crippen molar-refractivity contribution in [2.24, 2.45) is 0 Å².